The SMILES string of the molecule is Cc1nc(-c2ccccn2)sc1C(=O)NC(C)CCC(C)C. The van der Waals surface area contributed by atoms with E-state index in [0.717, 1.165) is 29.2 Å². The van der Waals surface area contributed by atoms with Crippen molar-refractivity contribution >= 4 is 17.2 Å². The third-order valence-electron chi connectivity index (χ3n) is 3.44. The number of aromatic nitrogens is 2. The van der Waals surface area contributed by atoms with E-state index < -0.39 is 0 Å². The Morgan fingerprint density at radius 1 is 1.27 bits per heavy atom. The number of carbonyl (C=O) groups is 1. The molecule has 1 amide bonds. The lowest BCUT2D eigenvalue weighted by molar-refractivity contribution is 0.0940. The van der Waals surface area contributed by atoms with Crippen LogP contribution < -0.4 is 5.32 Å². The van der Waals surface area contributed by atoms with Crippen LogP contribution >= 0.6 is 11.3 Å². The Hall–Kier alpha value is -1.75. The molecule has 0 radical (unpaired) electrons. The molecule has 0 aliphatic rings. The zero-order valence-electron chi connectivity index (χ0n) is 13.6. The molecule has 0 spiro atoms. The van der Waals surface area contributed by atoms with Crippen molar-refractivity contribution in [2.24, 2.45) is 5.92 Å². The predicted molar refractivity (Wildman–Crippen MR) is 91.1 cm³/mol. The molecule has 0 aliphatic carbocycles. The molecule has 22 heavy (non-hydrogen) atoms. The molecule has 0 aliphatic heterocycles. The molecular formula is C17H23N3OS. The number of aryl methyl sites for hydroxylation is 1. The first-order valence-corrected chi connectivity index (χ1v) is 8.48. The van der Waals surface area contributed by atoms with Gasteiger partial charge in [0.1, 0.15) is 9.88 Å². The first kappa shape index (κ1) is 16.6. The number of rotatable bonds is 6. The van der Waals surface area contributed by atoms with Crippen LogP contribution in [0.3, 0.4) is 0 Å². The molecule has 2 aromatic heterocycles. The Bertz CT molecular complexity index is 622. The number of pyridine rings is 1. The van der Waals surface area contributed by atoms with Crippen molar-refractivity contribution < 1.29 is 4.79 Å². The van der Waals surface area contributed by atoms with E-state index in [-0.39, 0.29) is 11.9 Å². The normalized spacial score (nSPS) is 12.4. The fraction of sp³-hybridized carbons (Fsp3) is 0.471. The number of amides is 1. The van der Waals surface area contributed by atoms with Crippen molar-refractivity contribution in [3.05, 3.63) is 35.0 Å². The molecule has 0 saturated carbocycles. The zero-order valence-corrected chi connectivity index (χ0v) is 14.4. The van der Waals surface area contributed by atoms with Gasteiger partial charge >= 0.3 is 0 Å². The summed E-state index contributed by atoms with van der Waals surface area (Å²) >= 11 is 1.40. The fourth-order valence-corrected chi connectivity index (χ4v) is 3.10. The van der Waals surface area contributed by atoms with Gasteiger partial charge in [0.2, 0.25) is 0 Å². The Morgan fingerprint density at radius 2 is 2.05 bits per heavy atom. The Morgan fingerprint density at radius 3 is 2.68 bits per heavy atom. The second-order valence-electron chi connectivity index (χ2n) is 5.99. The molecule has 0 fully saturated rings. The second-order valence-corrected chi connectivity index (χ2v) is 6.99. The number of nitrogens with one attached hydrogen (secondary N) is 1. The van der Waals surface area contributed by atoms with Gasteiger partial charge in [0.05, 0.1) is 11.4 Å². The summed E-state index contributed by atoms with van der Waals surface area (Å²) in [6.45, 7) is 8.31. The van der Waals surface area contributed by atoms with Crippen molar-refractivity contribution in [1.82, 2.24) is 15.3 Å². The number of hydrogen-bond donors (Lipinski definition) is 1. The summed E-state index contributed by atoms with van der Waals surface area (Å²) in [6.07, 6.45) is 3.84. The predicted octanol–water partition coefficient (Wildman–Crippen LogP) is 4.07. The van der Waals surface area contributed by atoms with E-state index >= 15 is 0 Å². The maximum Gasteiger partial charge on any atom is 0.263 e. The highest BCUT2D eigenvalue weighted by Crippen LogP contribution is 2.26. The standard InChI is InChI=1S/C17H23N3OS/c1-11(2)8-9-12(3)19-16(21)15-13(4)20-17(22-15)14-7-5-6-10-18-14/h5-7,10-12H,8-9H2,1-4H3,(H,19,21). The van der Waals surface area contributed by atoms with Crippen molar-refractivity contribution in [2.75, 3.05) is 0 Å². The summed E-state index contributed by atoms with van der Waals surface area (Å²) in [6, 6.07) is 5.88. The topological polar surface area (TPSA) is 54.9 Å². The Balaban J connectivity index is 2.06. The largest absolute Gasteiger partial charge is 0.349 e. The molecule has 1 N–H and O–H groups in total. The minimum absolute atomic E-state index is 0.0339. The average molecular weight is 317 g/mol. The number of hydrogen-bond acceptors (Lipinski definition) is 4. The third kappa shape index (κ3) is 4.37. The van der Waals surface area contributed by atoms with E-state index in [2.05, 4.69) is 36.1 Å². The minimum Gasteiger partial charge on any atom is -0.349 e. The van der Waals surface area contributed by atoms with E-state index in [0.29, 0.717) is 10.8 Å². The number of carbonyl (C=O) groups excluding carboxylic acids is 1. The van der Waals surface area contributed by atoms with Crippen molar-refractivity contribution in [3.63, 3.8) is 0 Å². The van der Waals surface area contributed by atoms with E-state index in [4.69, 9.17) is 0 Å². The maximum absolute atomic E-state index is 12.4. The zero-order chi connectivity index (χ0) is 16.1. The molecule has 2 rings (SSSR count). The lowest BCUT2D eigenvalue weighted by Crippen LogP contribution is -2.32. The van der Waals surface area contributed by atoms with Crippen LogP contribution in [-0.2, 0) is 0 Å². The van der Waals surface area contributed by atoms with Crippen LogP contribution in [0, 0.1) is 12.8 Å². The van der Waals surface area contributed by atoms with E-state index in [9.17, 15) is 4.79 Å². The smallest absolute Gasteiger partial charge is 0.263 e. The van der Waals surface area contributed by atoms with Crippen molar-refractivity contribution in [2.45, 2.75) is 46.6 Å². The van der Waals surface area contributed by atoms with E-state index in [1.165, 1.54) is 11.3 Å². The van der Waals surface area contributed by atoms with E-state index in [1.54, 1.807) is 6.20 Å². The van der Waals surface area contributed by atoms with Gasteiger partial charge < -0.3 is 5.32 Å². The molecule has 118 valence electrons. The number of thiazole rings is 1. The van der Waals surface area contributed by atoms with Crippen LogP contribution in [0.1, 0.15) is 49.0 Å². The average Bonchev–Trinajstić information content (AvgIpc) is 2.88. The first-order valence-electron chi connectivity index (χ1n) is 7.67. The summed E-state index contributed by atoms with van der Waals surface area (Å²) in [4.78, 5) is 21.8. The summed E-state index contributed by atoms with van der Waals surface area (Å²) in [5, 5.41) is 3.86. The van der Waals surface area contributed by atoms with Gasteiger partial charge in [-0.3, -0.25) is 9.78 Å². The quantitative estimate of drug-likeness (QED) is 0.874. The molecule has 0 bridgehead atoms. The molecule has 4 nitrogen and oxygen atoms in total. The Kier molecular flexibility index (Phi) is 5.66. The van der Waals surface area contributed by atoms with Crippen LogP contribution in [-0.4, -0.2) is 21.9 Å². The van der Waals surface area contributed by atoms with Crippen molar-refractivity contribution in [1.29, 1.82) is 0 Å². The summed E-state index contributed by atoms with van der Waals surface area (Å²) in [5.41, 5.74) is 1.57. The lowest BCUT2D eigenvalue weighted by atomic mass is 10.0. The molecule has 5 heteroatoms. The van der Waals surface area contributed by atoms with Crippen LogP contribution in [0.15, 0.2) is 24.4 Å². The third-order valence-corrected chi connectivity index (χ3v) is 4.62. The van der Waals surface area contributed by atoms with Crippen molar-refractivity contribution in [3.8, 4) is 10.7 Å². The molecule has 0 aromatic carbocycles. The highest BCUT2D eigenvalue weighted by atomic mass is 32.1. The van der Waals surface area contributed by atoms with Crippen LogP contribution in [0.5, 0.6) is 0 Å². The molecule has 1 atom stereocenters. The van der Waals surface area contributed by atoms with Gasteiger partial charge in [0.25, 0.3) is 5.91 Å². The van der Waals surface area contributed by atoms with E-state index in [1.807, 2.05) is 25.1 Å². The van der Waals surface area contributed by atoms with Gasteiger partial charge in [-0.1, -0.05) is 19.9 Å². The molecule has 1 unspecified atom stereocenters. The summed E-state index contributed by atoms with van der Waals surface area (Å²) in [7, 11) is 0. The van der Waals surface area contributed by atoms with Crippen LogP contribution in [0.4, 0.5) is 0 Å². The lowest BCUT2D eigenvalue weighted by Gasteiger charge is -2.14. The van der Waals surface area contributed by atoms with Gasteiger partial charge in [-0.2, -0.15) is 0 Å². The van der Waals surface area contributed by atoms with Gasteiger partial charge in [-0.15, -0.1) is 11.3 Å². The molecule has 0 saturated heterocycles. The number of nitrogens with zero attached hydrogens (tertiary/aromatic N) is 2. The summed E-state index contributed by atoms with van der Waals surface area (Å²) < 4.78 is 0. The van der Waals surface area contributed by atoms with Gasteiger partial charge in [-0.05, 0) is 44.7 Å². The van der Waals surface area contributed by atoms with Gasteiger partial charge in [0.15, 0.2) is 0 Å². The molecule has 2 heterocycles. The fourth-order valence-electron chi connectivity index (χ4n) is 2.15. The molecule has 2 aromatic rings. The second kappa shape index (κ2) is 7.49. The van der Waals surface area contributed by atoms with Gasteiger partial charge in [0, 0.05) is 12.2 Å². The van der Waals surface area contributed by atoms with Gasteiger partial charge in [-0.25, -0.2) is 4.98 Å². The Labute approximate surface area is 136 Å². The molecular weight excluding hydrogens is 294 g/mol. The maximum atomic E-state index is 12.4. The first-order chi connectivity index (χ1) is 10.5. The highest BCUT2D eigenvalue weighted by molar-refractivity contribution is 7.17. The van der Waals surface area contributed by atoms with Crippen LogP contribution in [0.2, 0.25) is 0 Å². The minimum atomic E-state index is -0.0339. The summed E-state index contributed by atoms with van der Waals surface area (Å²) in [5.74, 6) is 0.619. The van der Waals surface area contributed by atoms with Crippen LogP contribution in [0.25, 0.3) is 10.7 Å². The highest BCUT2D eigenvalue weighted by Gasteiger charge is 2.18. The monoisotopic (exact) mass is 317 g/mol.